The zero-order valence-corrected chi connectivity index (χ0v) is 13.3. The Hall–Kier alpha value is -2.77. The predicted octanol–water partition coefficient (Wildman–Crippen LogP) is 2.54. The molecule has 2 aromatic rings. The van der Waals surface area contributed by atoms with Gasteiger partial charge in [0, 0.05) is 11.1 Å². The van der Waals surface area contributed by atoms with E-state index in [0.717, 1.165) is 23.1 Å². The second-order valence-corrected chi connectivity index (χ2v) is 5.87. The predicted molar refractivity (Wildman–Crippen MR) is 78.8 cm³/mol. The summed E-state index contributed by atoms with van der Waals surface area (Å²) in [6.45, 7) is 4.64. The first-order chi connectivity index (χ1) is 11.2. The largest absolute Gasteiger partial charge is 0.361 e. The average molecular weight is 335 g/mol. The molecular weight excluding hydrogens is 320 g/mol. The SMILES string of the molecule is Cc1noc(C)c1CN1C(=O)NC(C)(c2cc(F)ccc2F)C1=O. The Balaban J connectivity index is 1.98. The van der Waals surface area contributed by atoms with E-state index >= 15 is 0 Å². The summed E-state index contributed by atoms with van der Waals surface area (Å²) < 4.78 is 32.6. The van der Waals surface area contributed by atoms with Gasteiger partial charge in [-0.05, 0) is 39.0 Å². The number of amides is 3. The summed E-state index contributed by atoms with van der Waals surface area (Å²) in [4.78, 5) is 25.9. The van der Waals surface area contributed by atoms with Crippen molar-refractivity contribution in [3.05, 3.63) is 52.4 Å². The van der Waals surface area contributed by atoms with E-state index in [4.69, 9.17) is 4.52 Å². The number of nitrogens with one attached hydrogen (secondary N) is 1. The number of hydrogen-bond donors (Lipinski definition) is 1. The van der Waals surface area contributed by atoms with Crippen LogP contribution in [0.3, 0.4) is 0 Å². The molecule has 0 radical (unpaired) electrons. The summed E-state index contributed by atoms with van der Waals surface area (Å²) in [6.07, 6.45) is 0. The summed E-state index contributed by atoms with van der Waals surface area (Å²) in [6, 6.07) is 2.09. The zero-order valence-electron chi connectivity index (χ0n) is 13.3. The summed E-state index contributed by atoms with van der Waals surface area (Å²) in [5, 5.41) is 6.22. The molecule has 1 fully saturated rings. The first-order valence-corrected chi connectivity index (χ1v) is 7.25. The fraction of sp³-hybridized carbons (Fsp3) is 0.312. The number of aryl methyl sites for hydroxylation is 2. The van der Waals surface area contributed by atoms with Crippen LogP contribution in [0.1, 0.15) is 29.5 Å². The molecule has 3 amide bonds. The molecule has 1 saturated heterocycles. The second-order valence-electron chi connectivity index (χ2n) is 5.87. The Morgan fingerprint density at radius 2 is 2.00 bits per heavy atom. The van der Waals surface area contributed by atoms with E-state index in [1.54, 1.807) is 13.8 Å². The number of carbonyl (C=O) groups is 2. The van der Waals surface area contributed by atoms with Crippen LogP contribution in [0.2, 0.25) is 0 Å². The van der Waals surface area contributed by atoms with Gasteiger partial charge in [-0.1, -0.05) is 5.16 Å². The second kappa shape index (κ2) is 5.40. The summed E-state index contributed by atoms with van der Waals surface area (Å²) >= 11 is 0. The highest BCUT2D eigenvalue weighted by Gasteiger charge is 2.50. The molecule has 1 aliphatic rings. The molecule has 0 aliphatic carbocycles. The van der Waals surface area contributed by atoms with E-state index in [-0.39, 0.29) is 12.1 Å². The number of aromatic nitrogens is 1. The fourth-order valence-corrected chi connectivity index (χ4v) is 2.79. The Kier molecular flexibility index (Phi) is 3.62. The minimum absolute atomic E-state index is 0.0572. The van der Waals surface area contributed by atoms with Crippen molar-refractivity contribution >= 4 is 11.9 Å². The van der Waals surface area contributed by atoms with Gasteiger partial charge in [0.05, 0.1) is 12.2 Å². The Bertz CT molecular complexity index is 830. The van der Waals surface area contributed by atoms with Crippen molar-refractivity contribution in [2.75, 3.05) is 0 Å². The molecule has 1 aromatic carbocycles. The van der Waals surface area contributed by atoms with Crippen molar-refractivity contribution in [3.8, 4) is 0 Å². The van der Waals surface area contributed by atoms with Gasteiger partial charge in [-0.15, -0.1) is 0 Å². The third-order valence-electron chi connectivity index (χ3n) is 4.24. The van der Waals surface area contributed by atoms with Gasteiger partial charge in [0.25, 0.3) is 5.91 Å². The van der Waals surface area contributed by atoms with Crippen molar-refractivity contribution in [1.82, 2.24) is 15.4 Å². The molecule has 24 heavy (non-hydrogen) atoms. The van der Waals surface area contributed by atoms with E-state index < -0.39 is 29.1 Å². The molecule has 126 valence electrons. The van der Waals surface area contributed by atoms with Gasteiger partial charge >= 0.3 is 6.03 Å². The number of hydrogen-bond acceptors (Lipinski definition) is 4. The summed E-state index contributed by atoms with van der Waals surface area (Å²) in [7, 11) is 0. The lowest BCUT2D eigenvalue weighted by Gasteiger charge is -2.22. The highest BCUT2D eigenvalue weighted by Crippen LogP contribution is 2.32. The molecule has 0 bridgehead atoms. The smallest absolute Gasteiger partial charge is 0.325 e. The highest BCUT2D eigenvalue weighted by atomic mass is 19.1. The zero-order chi connectivity index (χ0) is 17.6. The minimum atomic E-state index is -1.68. The molecule has 1 aromatic heterocycles. The number of halogens is 2. The van der Waals surface area contributed by atoms with Crippen molar-refractivity contribution in [2.24, 2.45) is 0 Å². The van der Waals surface area contributed by atoms with Gasteiger partial charge in [-0.2, -0.15) is 0 Å². The summed E-state index contributed by atoms with van der Waals surface area (Å²) in [5.41, 5.74) is -0.745. The first-order valence-electron chi connectivity index (χ1n) is 7.25. The highest BCUT2D eigenvalue weighted by molar-refractivity contribution is 6.07. The number of rotatable bonds is 3. The topological polar surface area (TPSA) is 75.4 Å². The maximum absolute atomic E-state index is 14.1. The maximum Gasteiger partial charge on any atom is 0.325 e. The summed E-state index contributed by atoms with van der Waals surface area (Å²) in [5.74, 6) is -1.65. The standard InChI is InChI=1S/C16H15F2N3O3/c1-8-11(9(2)24-20-8)7-21-14(22)16(3,19-15(21)23)12-6-10(17)4-5-13(12)18/h4-6H,7H2,1-3H3,(H,19,23). The number of urea groups is 1. The molecule has 0 saturated carbocycles. The van der Waals surface area contributed by atoms with Gasteiger partial charge in [0.15, 0.2) is 0 Å². The maximum atomic E-state index is 14.1. The Morgan fingerprint density at radius 3 is 2.62 bits per heavy atom. The molecular formula is C16H15F2N3O3. The molecule has 0 spiro atoms. The van der Waals surface area contributed by atoms with Crippen LogP contribution in [0, 0.1) is 25.5 Å². The molecule has 3 rings (SSSR count). The van der Waals surface area contributed by atoms with Gasteiger partial charge < -0.3 is 9.84 Å². The van der Waals surface area contributed by atoms with Crippen LogP contribution in [-0.2, 0) is 16.9 Å². The van der Waals surface area contributed by atoms with E-state index in [1.807, 2.05) is 0 Å². The average Bonchev–Trinajstić information content (AvgIpc) is 2.95. The van der Waals surface area contributed by atoms with Gasteiger partial charge in [-0.25, -0.2) is 13.6 Å². The van der Waals surface area contributed by atoms with Crippen molar-refractivity contribution in [3.63, 3.8) is 0 Å². The van der Waals surface area contributed by atoms with E-state index in [0.29, 0.717) is 17.0 Å². The number of nitrogens with zero attached hydrogens (tertiary/aromatic N) is 2. The van der Waals surface area contributed by atoms with E-state index in [2.05, 4.69) is 10.5 Å². The van der Waals surface area contributed by atoms with Crippen molar-refractivity contribution < 1.29 is 22.9 Å². The molecule has 8 heteroatoms. The molecule has 1 atom stereocenters. The van der Waals surface area contributed by atoms with Crippen molar-refractivity contribution in [2.45, 2.75) is 32.9 Å². The molecule has 1 aliphatic heterocycles. The third-order valence-corrected chi connectivity index (χ3v) is 4.24. The molecule has 1 N–H and O–H groups in total. The Labute approximate surface area is 136 Å². The molecule has 6 nitrogen and oxygen atoms in total. The van der Waals surface area contributed by atoms with Crippen LogP contribution in [0.15, 0.2) is 22.7 Å². The van der Waals surface area contributed by atoms with Crippen LogP contribution < -0.4 is 5.32 Å². The van der Waals surface area contributed by atoms with Gasteiger partial charge in [-0.3, -0.25) is 9.69 Å². The minimum Gasteiger partial charge on any atom is -0.361 e. The first kappa shape index (κ1) is 16.1. The van der Waals surface area contributed by atoms with E-state index in [9.17, 15) is 18.4 Å². The third kappa shape index (κ3) is 2.34. The van der Waals surface area contributed by atoms with Crippen molar-refractivity contribution in [1.29, 1.82) is 0 Å². The van der Waals surface area contributed by atoms with Crippen LogP contribution in [-0.4, -0.2) is 22.0 Å². The van der Waals surface area contributed by atoms with Crippen LogP contribution in [0.5, 0.6) is 0 Å². The molecule has 2 heterocycles. The van der Waals surface area contributed by atoms with Crippen LogP contribution >= 0.6 is 0 Å². The molecule has 1 unspecified atom stereocenters. The number of carbonyl (C=O) groups excluding carboxylic acids is 2. The van der Waals surface area contributed by atoms with Gasteiger partial charge in [0.1, 0.15) is 22.9 Å². The number of benzene rings is 1. The Morgan fingerprint density at radius 1 is 1.29 bits per heavy atom. The lowest BCUT2D eigenvalue weighted by molar-refractivity contribution is -0.131. The normalized spacial score (nSPS) is 20.6. The quantitative estimate of drug-likeness (QED) is 0.875. The lowest BCUT2D eigenvalue weighted by atomic mass is 9.91. The van der Waals surface area contributed by atoms with E-state index in [1.165, 1.54) is 6.92 Å². The van der Waals surface area contributed by atoms with Crippen LogP contribution in [0.25, 0.3) is 0 Å². The fourth-order valence-electron chi connectivity index (χ4n) is 2.79. The number of imide groups is 1. The van der Waals surface area contributed by atoms with Crippen LogP contribution in [0.4, 0.5) is 13.6 Å². The lowest BCUT2D eigenvalue weighted by Crippen LogP contribution is -2.41. The van der Waals surface area contributed by atoms with Gasteiger partial charge in [0.2, 0.25) is 0 Å². The monoisotopic (exact) mass is 335 g/mol.